The summed E-state index contributed by atoms with van der Waals surface area (Å²) in [6.45, 7) is 5.45. The number of thiazole rings is 1. The van der Waals surface area contributed by atoms with Gasteiger partial charge in [-0.25, -0.2) is 4.98 Å². The Morgan fingerprint density at radius 2 is 2.18 bits per heavy atom. The van der Waals surface area contributed by atoms with Crippen molar-refractivity contribution in [1.82, 2.24) is 10.3 Å². The van der Waals surface area contributed by atoms with E-state index in [9.17, 15) is 0 Å². The maximum absolute atomic E-state index is 4.70. The minimum absolute atomic E-state index is 0.362. The molecule has 1 aliphatic heterocycles. The van der Waals surface area contributed by atoms with Crippen LogP contribution in [-0.4, -0.2) is 30.2 Å². The summed E-state index contributed by atoms with van der Waals surface area (Å²) in [6.07, 6.45) is 6.83. The molecule has 2 heterocycles. The van der Waals surface area contributed by atoms with Crippen molar-refractivity contribution in [2.24, 2.45) is 0 Å². The molecule has 1 N–H and O–H groups in total. The fraction of sp³-hybridized carbons (Fsp3) is 0.769. The molecular formula is C13H21N3S. The van der Waals surface area contributed by atoms with Gasteiger partial charge in [0.05, 0.1) is 11.2 Å². The molecule has 0 aromatic carbocycles. The molecule has 17 heavy (non-hydrogen) atoms. The number of aryl methyl sites for hydroxylation is 1. The molecule has 0 bridgehead atoms. The van der Waals surface area contributed by atoms with Crippen LogP contribution in [0.25, 0.3) is 0 Å². The standard InChI is InChI=1S/C13H21N3S/c1-11-9-17-12(15-11)16-8-7-14-10-13(16)5-3-2-4-6-13/h9,14H,2-8,10H2,1H3. The van der Waals surface area contributed by atoms with Gasteiger partial charge < -0.3 is 10.2 Å². The van der Waals surface area contributed by atoms with E-state index in [4.69, 9.17) is 4.98 Å². The van der Waals surface area contributed by atoms with E-state index >= 15 is 0 Å². The highest BCUT2D eigenvalue weighted by Gasteiger charge is 2.40. The molecule has 1 spiro atoms. The van der Waals surface area contributed by atoms with Crippen molar-refractivity contribution in [2.75, 3.05) is 24.5 Å². The average molecular weight is 251 g/mol. The van der Waals surface area contributed by atoms with E-state index in [-0.39, 0.29) is 0 Å². The highest BCUT2D eigenvalue weighted by molar-refractivity contribution is 7.13. The van der Waals surface area contributed by atoms with Gasteiger partial charge in [-0.2, -0.15) is 0 Å². The zero-order valence-electron chi connectivity index (χ0n) is 10.5. The number of nitrogens with zero attached hydrogens (tertiary/aromatic N) is 2. The minimum atomic E-state index is 0.362. The maximum Gasteiger partial charge on any atom is 0.186 e. The van der Waals surface area contributed by atoms with E-state index in [0.29, 0.717) is 5.54 Å². The fourth-order valence-corrected chi connectivity index (χ4v) is 4.20. The molecule has 0 atom stereocenters. The van der Waals surface area contributed by atoms with Crippen LogP contribution in [0, 0.1) is 6.92 Å². The molecule has 2 fully saturated rings. The van der Waals surface area contributed by atoms with Crippen LogP contribution in [0.4, 0.5) is 5.13 Å². The minimum Gasteiger partial charge on any atom is -0.340 e. The third-order valence-corrected chi connectivity index (χ3v) is 5.14. The zero-order valence-corrected chi connectivity index (χ0v) is 11.4. The fourth-order valence-electron chi connectivity index (χ4n) is 3.27. The van der Waals surface area contributed by atoms with Crippen molar-refractivity contribution < 1.29 is 0 Å². The van der Waals surface area contributed by atoms with Crippen LogP contribution in [0.2, 0.25) is 0 Å². The first kappa shape index (κ1) is 11.5. The second kappa shape index (κ2) is 4.58. The molecule has 1 aromatic heterocycles. The molecule has 0 unspecified atom stereocenters. The molecule has 3 nitrogen and oxygen atoms in total. The second-order valence-electron chi connectivity index (χ2n) is 5.38. The highest BCUT2D eigenvalue weighted by Crippen LogP contribution is 2.38. The Labute approximate surface area is 107 Å². The van der Waals surface area contributed by atoms with Crippen molar-refractivity contribution in [3.05, 3.63) is 11.1 Å². The molecule has 94 valence electrons. The highest BCUT2D eigenvalue weighted by atomic mass is 32.1. The van der Waals surface area contributed by atoms with Gasteiger partial charge in [0.2, 0.25) is 0 Å². The van der Waals surface area contributed by atoms with Gasteiger partial charge in [0, 0.05) is 25.0 Å². The third kappa shape index (κ3) is 2.08. The van der Waals surface area contributed by atoms with Gasteiger partial charge in [0.1, 0.15) is 0 Å². The lowest BCUT2D eigenvalue weighted by atomic mass is 9.79. The number of hydrogen-bond donors (Lipinski definition) is 1. The molecule has 1 saturated carbocycles. The lowest BCUT2D eigenvalue weighted by Crippen LogP contribution is -2.62. The Kier molecular flexibility index (Phi) is 3.09. The molecule has 1 saturated heterocycles. The Morgan fingerprint density at radius 1 is 1.35 bits per heavy atom. The number of anilines is 1. The van der Waals surface area contributed by atoms with Crippen LogP contribution in [-0.2, 0) is 0 Å². The number of aromatic nitrogens is 1. The molecule has 0 radical (unpaired) electrons. The topological polar surface area (TPSA) is 28.2 Å². The van der Waals surface area contributed by atoms with Crippen molar-refractivity contribution in [2.45, 2.75) is 44.6 Å². The van der Waals surface area contributed by atoms with Crippen LogP contribution in [0.3, 0.4) is 0 Å². The summed E-state index contributed by atoms with van der Waals surface area (Å²) in [5, 5.41) is 7.00. The van der Waals surface area contributed by atoms with Crippen molar-refractivity contribution in [3.63, 3.8) is 0 Å². The van der Waals surface area contributed by atoms with E-state index in [1.807, 2.05) is 11.3 Å². The summed E-state index contributed by atoms with van der Waals surface area (Å²) >= 11 is 1.81. The molecule has 4 heteroatoms. The SMILES string of the molecule is Cc1csc(N2CCNCC23CCCCC3)n1. The Balaban J connectivity index is 1.89. The van der Waals surface area contributed by atoms with Gasteiger partial charge in [-0.05, 0) is 19.8 Å². The van der Waals surface area contributed by atoms with Crippen LogP contribution in [0.15, 0.2) is 5.38 Å². The first-order valence-corrected chi connectivity index (χ1v) is 7.59. The van der Waals surface area contributed by atoms with Gasteiger partial charge in [-0.15, -0.1) is 11.3 Å². The zero-order chi connectivity index (χ0) is 11.7. The largest absolute Gasteiger partial charge is 0.340 e. The Bertz CT molecular complexity index is 374. The normalized spacial score (nSPS) is 24.2. The molecule has 1 aromatic rings. The van der Waals surface area contributed by atoms with Gasteiger partial charge >= 0.3 is 0 Å². The smallest absolute Gasteiger partial charge is 0.186 e. The Hall–Kier alpha value is -0.610. The van der Waals surface area contributed by atoms with Crippen molar-refractivity contribution in [1.29, 1.82) is 0 Å². The lowest BCUT2D eigenvalue weighted by molar-refractivity contribution is 0.241. The average Bonchev–Trinajstić information content (AvgIpc) is 2.77. The van der Waals surface area contributed by atoms with Gasteiger partial charge in [0.25, 0.3) is 0 Å². The molecule has 2 aliphatic rings. The summed E-state index contributed by atoms with van der Waals surface area (Å²) in [4.78, 5) is 7.30. The van der Waals surface area contributed by atoms with Gasteiger partial charge in [-0.1, -0.05) is 19.3 Å². The van der Waals surface area contributed by atoms with Gasteiger partial charge in [0.15, 0.2) is 5.13 Å². The van der Waals surface area contributed by atoms with Crippen molar-refractivity contribution in [3.8, 4) is 0 Å². The molecule has 3 rings (SSSR count). The lowest BCUT2D eigenvalue weighted by Gasteiger charge is -2.49. The first-order valence-electron chi connectivity index (χ1n) is 6.71. The summed E-state index contributed by atoms with van der Waals surface area (Å²) in [6, 6.07) is 0. The maximum atomic E-state index is 4.70. The monoisotopic (exact) mass is 251 g/mol. The summed E-state index contributed by atoms with van der Waals surface area (Å²) in [7, 11) is 0. The predicted octanol–water partition coefficient (Wildman–Crippen LogP) is 2.56. The molecular weight excluding hydrogens is 230 g/mol. The van der Waals surface area contributed by atoms with E-state index in [2.05, 4.69) is 22.5 Å². The number of nitrogens with one attached hydrogen (secondary N) is 1. The first-order chi connectivity index (χ1) is 8.30. The summed E-state index contributed by atoms with van der Waals surface area (Å²) < 4.78 is 0. The van der Waals surface area contributed by atoms with Gasteiger partial charge in [-0.3, -0.25) is 0 Å². The Morgan fingerprint density at radius 3 is 2.88 bits per heavy atom. The van der Waals surface area contributed by atoms with E-state index in [0.717, 1.165) is 25.3 Å². The molecule has 0 amide bonds. The van der Waals surface area contributed by atoms with Crippen LogP contribution >= 0.6 is 11.3 Å². The third-order valence-electron chi connectivity index (χ3n) is 4.16. The summed E-state index contributed by atoms with van der Waals surface area (Å²) in [5.41, 5.74) is 1.52. The second-order valence-corrected chi connectivity index (χ2v) is 6.22. The molecule has 1 aliphatic carbocycles. The number of hydrogen-bond acceptors (Lipinski definition) is 4. The predicted molar refractivity (Wildman–Crippen MR) is 72.9 cm³/mol. The van der Waals surface area contributed by atoms with Crippen LogP contribution in [0.5, 0.6) is 0 Å². The van der Waals surface area contributed by atoms with Crippen molar-refractivity contribution >= 4 is 16.5 Å². The van der Waals surface area contributed by atoms with E-state index in [1.165, 1.54) is 37.2 Å². The van der Waals surface area contributed by atoms with E-state index in [1.54, 1.807) is 0 Å². The van der Waals surface area contributed by atoms with Crippen LogP contribution < -0.4 is 10.2 Å². The quantitative estimate of drug-likeness (QED) is 0.831. The summed E-state index contributed by atoms with van der Waals surface area (Å²) in [5.74, 6) is 0. The van der Waals surface area contributed by atoms with Crippen LogP contribution in [0.1, 0.15) is 37.8 Å². The number of piperazine rings is 1. The van der Waals surface area contributed by atoms with E-state index < -0.39 is 0 Å². The number of rotatable bonds is 1.